The third-order valence-electron chi connectivity index (χ3n) is 2.11. The molecule has 0 aromatic heterocycles. The summed E-state index contributed by atoms with van der Waals surface area (Å²) in [4.78, 5) is 0. The summed E-state index contributed by atoms with van der Waals surface area (Å²) < 4.78 is 6.61. The van der Waals surface area contributed by atoms with E-state index in [4.69, 9.17) is 10.5 Å². The van der Waals surface area contributed by atoms with Crippen LogP contribution in [0.25, 0.3) is 0 Å². The molecule has 1 atom stereocenters. The molecule has 0 aliphatic rings. The first-order valence-electron chi connectivity index (χ1n) is 4.81. The average Bonchev–Trinajstić information content (AvgIpc) is 2.20. The Morgan fingerprint density at radius 2 is 2.14 bits per heavy atom. The van der Waals surface area contributed by atoms with Crippen molar-refractivity contribution < 1.29 is 4.74 Å². The maximum atomic E-state index is 5.61. The van der Waals surface area contributed by atoms with Crippen molar-refractivity contribution in [3.63, 3.8) is 0 Å². The summed E-state index contributed by atoms with van der Waals surface area (Å²) in [5.41, 5.74) is 5.52. The summed E-state index contributed by atoms with van der Waals surface area (Å²) >= 11 is 3.43. The summed E-state index contributed by atoms with van der Waals surface area (Å²) in [6.45, 7) is 3.57. The van der Waals surface area contributed by atoms with Crippen LogP contribution in [0.4, 0.5) is 0 Å². The summed E-state index contributed by atoms with van der Waals surface area (Å²) in [5, 5.41) is 0. The van der Waals surface area contributed by atoms with Crippen LogP contribution < -0.4 is 10.5 Å². The van der Waals surface area contributed by atoms with Gasteiger partial charge in [-0.05, 0) is 46.9 Å². The molecule has 0 fully saturated rings. The van der Waals surface area contributed by atoms with Crippen molar-refractivity contribution in [1.82, 2.24) is 0 Å². The molecule has 0 bridgehead atoms. The molecular weight excluding hydrogens is 242 g/mol. The minimum absolute atomic E-state index is 0.525. The zero-order valence-corrected chi connectivity index (χ0v) is 9.96. The van der Waals surface area contributed by atoms with Crippen molar-refractivity contribution in [3.05, 3.63) is 28.7 Å². The highest BCUT2D eigenvalue weighted by Gasteiger charge is 2.01. The first kappa shape index (κ1) is 11.5. The Labute approximate surface area is 93.6 Å². The van der Waals surface area contributed by atoms with Gasteiger partial charge in [0.25, 0.3) is 0 Å². The van der Waals surface area contributed by atoms with E-state index >= 15 is 0 Å². The lowest BCUT2D eigenvalue weighted by Crippen LogP contribution is -2.13. The molecule has 0 heterocycles. The van der Waals surface area contributed by atoms with E-state index in [1.54, 1.807) is 0 Å². The molecule has 2 nitrogen and oxygen atoms in total. The number of halogens is 1. The van der Waals surface area contributed by atoms with Gasteiger partial charge in [0, 0.05) is 0 Å². The highest BCUT2D eigenvalue weighted by atomic mass is 79.9. The lowest BCUT2D eigenvalue weighted by molar-refractivity contribution is 0.284. The topological polar surface area (TPSA) is 35.2 Å². The van der Waals surface area contributed by atoms with Crippen molar-refractivity contribution >= 4 is 15.9 Å². The molecule has 0 aliphatic carbocycles. The van der Waals surface area contributed by atoms with Crippen LogP contribution in [0.3, 0.4) is 0 Å². The van der Waals surface area contributed by atoms with Gasteiger partial charge in [0.05, 0.1) is 11.1 Å². The molecule has 0 saturated carbocycles. The Morgan fingerprint density at radius 1 is 1.43 bits per heavy atom. The van der Waals surface area contributed by atoms with E-state index in [2.05, 4.69) is 22.9 Å². The van der Waals surface area contributed by atoms with Crippen LogP contribution in [0.1, 0.15) is 13.3 Å². The van der Waals surface area contributed by atoms with E-state index in [1.807, 2.05) is 24.3 Å². The normalized spacial score (nSPS) is 12.5. The molecule has 1 aromatic carbocycles. The Kier molecular flexibility index (Phi) is 4.98. The van der Waals surface area contributed by atoms with Crippen LogP contribution in [0.2, 0.25) is 0 Å². The Bertz CT molecular complexity index is 278. The average molecular weight is 258 g/mol. The van der Waals surface area contributed by atoms with Crippen LogP contribution in [0, 0.1) is 5.92 Å². The van der Waals surface area contributed by atoms with Gasteiger partial charge in [-0.3, -0.25) is 0 Å². The molecule has 0 spiro atoms. The third kappa shape index (κ3) is 3.68. The summed E-state index contributed by atoms with van der Waals surface area (Å²) in [5.74, 6) is 1.43. The van der Waals surface area contributed by atoms with Gasteiger partial charge in [-0.2, -0.15) is 0 Å². The smallest absolute Gasteiger partial charge is 0.133 e. The number of para-hydroxylation sites is 1. The van der Waals surface area contributed by atoms with Gasteiger partial charge in [-0.15, -0.1) is 0 Å². The fraction of sp³-hybridized carbons (Fsp3) is 0.455. The van der Waals surface area contributed by atoms with Gasteiger partial charge >= 0.3 is 0 Å². The minimum Gasteiger partial charge on any atom is -0.492 e. The van der Waals surface area contributed by atoms with Crippen molar-refractivity contribution in [2.45, 2.75) is 13.3 Å². The predicted molar refractivity (Wildman–Crippen MR) is 62.5 cm³/mol. The number of hydrogen-bond acceptors (Lipinski definition) is 2. The van der Waals surface area contributed by atoms with Gasteiger partial charge in [0.2, 0.25) is 0 Å². The highest BCUT2D eigenvalue weighted by Crippen LogP contribution is 2.23. The van der Waals surface area contributed by atoms with Crippen molar-refractivity contribution in [2.24, 2.45) is 11.7 Å². The molecular formula is C11H16BrNO. The first-order valence-corrected chi connectivity index (χ1v) is 5.60. The molecule has 1 unspecified atom stereocenters. The van der Waals surface area contributed by atoms with E-state index in [-0.39, 0.29) is 0 Å². The maximum absolute atomic E-state index is 5.61. The Hall–Kier alpha value is -0.540. The third-order valence-corrected chi connectivity index (χ3v) is 2.76. The van der Waals surface area contributed by atoms with E-state index in [0.717, 1.165) is 29.8 Å². The van der Waals surface area contributed by atoms with Crippen LogP contribution >= 0.6 is 15.9 Å². The van der Waals surface area contributed by atoms with E-state index in [9.17, 15) is 0 Å². The number of ether oxygens (including phenoxy) is 1. The second-order valence-corrected chi connectivity index (χ2v) is 4.26. The second kappa shape index (κ2) is 6.04. The molecule has 78 valence electrons. The van der Waals surface area contributed by atoms with Crippen molar-refractivity contribution in [2.75, 3.05) is 13.2 Å². The van der Waals surface area contributed by atoms with Gasteiger partial charge in [-0.25, -0.2) is 0 Å². The lowest BCUT2D eigenvalue weighted by Gasteiger charge is -2.10. The quantitative estimate of drug-likeness (QED) is 0.881. The van der Waals surface area contributed by atoms with Crippen molar-refractivity contribution in [1.29, 1.82) is 0 Å². The van der Waals surface area contributed by atoms with Crippen molar-refractivity contribution in [3.8, 4) is 5.75 Å². The molecule has 1 aromatic rings. The Balaban J connectivity index is 2.35. The Morgan fingerprint density at radius 3 is 2.79 bits per heavy atom. The van der Waals surface area contributed by atoms with Crippen LogP contribution in [-0.2, 0) is 0 Å². The molecule has 0 amide bonds. The molecule has 0 radical (unpaired) electrons. The van der Waals surface area contributed by atoms with E-state index in [1.165, 1.54) is 0 Å². The van der Waals surface area contributed by atoms with Gasteiger partial charge < -0.3 is 10.5 Å². The predicted octanol–water partition coefficient (Wildman–Crippen LogP) is 2.81. The largest absolute Gasteiger partial charge is 0.492 e. The maximum Gasteiger partial charge on any atom is 0.133 e. The van der Waals surface area contributed by atoms with Gasteiger partial charge in [0.1, 0.15) is 5.75 Å². The van der Waals surface area contributed by atoms with Gasteiger partial charge in [-0.1, -0.05) is 19.1 Å². The molecule has 0 saturated heterocycles. The standard InChI is InChI=1S/C11H16BrNO/c1-9(8-13)6-7-14-11-5-3-2-4-10(11)12/h2-5,9H,6-8,13H2,1H3. The lowest BCUT2D eigenvalue weighted by atomic mass is 10.1. The first-order chi connectivity index (χ1) is 6.74. The monoisotopic (exact) mass is 257 g/mol. The molecule has 1 rings (SSSR count). The highest BCUT2D eigenvalue weighted by molar-refractivity contribution is 9.10. The minimum atomic E-state index is 0.525. The zero-order valence-electron chi connectivity index (χ0n) is 8.37. The van der Waals surface area contributed by atoms with E-state index in [0.29, 0.717) is 5.92 Å². The molecule has 0 aliphatic heterocycles. The van der Waals surface area contributed by atoms with E-state index < -0.39 is 0 Å². The number of hydrogen-bond donors (Lipinski definition) is 1. The molecule has 2 N–H and O–H groups in total. The zero-order chi connectivity index (χ0) is 10.4. The number of benzene rings is 1. The number of rotatable bonds is 5. The molecule has 14 heavy (non-hydrogen) atoms. The second-order valence-electron chi connectivity index (χ2n) is 3.41. The fourth-order valence-corrected chi connectivity index (χ4v) is 1.45. The van der Waals surface area contributed by atoms with Crippen LogP contribution in [0.15, 0.2) is 28.7 Å². The SMILES string of the molecule is CC(CN)CCOc1ccccc1Br. The summed E-state index contributed by atoms with van der Waals surface area (Å²) in [6.07, 6.45) is 0.998. The van der Waals surface area contributed by atoms with Crippen LogP contribution in [0.5, 0.6) is 5.75 Å². The van der Waals surface area contributed by atoms with Gasteiger partial charge in [0.15, 0.2) is 0 Å². The fourth-order valence-electron chi connectivity index (χ4n) is 1.05. The number of nitrogens with two attached hydrogens (primary N) is 1. The van der Waals surface area contributed by atoms with Crippen LogP contribution in [-0.4, -0.2) is 13.2 Å². The summed E-state index contributed by atoms with van der Waals surface area (Å²) in [6, 6.07) is 7.87. The summed E-state index contributed by atoms with van der Waals surface area (Å²) in [7, 11) is 0. The molecule has 3 heteroatoms.